The molecule has 0 bridgehead atoms. The van der Waals surface area contributed by atoms with Gasteiger partial charge in [0.2, 0.25) is 0 Å². The maximum absolute atomic E-state index is 5.69. The van der Waals surface area contributed by atoms with Crippen molar-refractivity contribution in [3.8, 4) is 0 Å². The van der Waals surface area contributed by atoms with E-state index in [-0.39, 0.29) is 6.04 Å². The molecule has 2 rings (SSSR count). The van der Waals surface area contributed by atoms with Crippen molar-refractivity contribution in [1.29, 1.82) is 0 Å². The Hall–Kier alpha value is -0.810. The number of nitrogens with one attached hydrogen (secondary N) is 1. The zero-order chi connectivity index (χ0) is 9.97. The summed E-state index contributed by atoms with van der Waals surface area (Å²) in [5.41, 5.74) is 2.69. The molecule has 1 unspecified atom stereocenters. The van der Waals surface area contributed by atoms with E-state index in [0.29, 0.717) is 5.22 Å². The fourth-order valence-corrected chi connectivity index (χ4v) is 2.19. The number of nitrogens with two attached hydrogens (primary N) is 1. The molecule has 14 heavy (non-hydrogen) atoms. The first kappa shape index (κ1) is 9.73. The van der Waals surface area contributed by atoms with Gasteiger partial charge in [-0.05, 0) is 35.2 Å². The van der Waals surface area contributed by atoms with Gasteiger partial charge in [0.15, 0.2) is 5.22 Å². The second-order valence-corrected chi connectivity index (χ2v) is 4.11. The Morgan fingerprint density at radius 2 is 2.29 bits per heavy atom. The van der Waals surface area contributed by atoms with Crippen LogP contribution >= 0.6 is 22.9 Å². The van der Waals surface area contributed by atoms with Gasteiger partial charge in [0, 0.05) is 4.88 Å². The van der Waals surface area contributed by atoms with Crippen molar-refractivity contribution in [3.63, 3.8) is 0 Å². The van der Waals surface area contributed by atoms with Crippen LogP contribution in [0, 0.1) is 0 Å². The van der Waals surface area contributed by atoms with Gasteiger partial charge in [-0.3, -0.25) is 5.84 Å². The van der Waals surface area contributed by atoms with Crippen LogP contribution in [0.4, 0.5) is 0 Å². The van der Waals surface area contributed by atoms with E-state index in [1.165, 1.54) is 0 Å². The van der Waals surface area contributed by atoms with Crippen molar-refractivity contribution in [2.75, 3.05) is 0 Å². The second kappa shape index (κ2) is 4.14. The van der Waals surface area contributed by atoms with E-state index in [0.717, 1.165) is 10.6 Å². The summed E-state index contributed by atoms with van der Waals surface area (Å²) in [5, 5.41) is 2.36. The van der Waals surface area contributed by atoms with Crippen LogP contribution in [-0.2, 0) is 0 Å². The summed E-state index contributed by atoms with van der Waals surface area (Å²) < 4.78 is 5.29. The van der Waals surface area contributed by atoms with E-state index in [2.05, 4.69) is 5.43 Å². The largest absolute Gasteiger partial charge is 0.448 e. The van der Waals surface area contributed by atoms with Crippen LogP contribution in [-0.4, -0.2) is 0 Å². The van der Waals surface area contributed by atoms with Crippen molar-refractivity contribution in [1.82, 2.24) is 5.43 Å². The second-order valence-electron chi connectivity index (χ2n) is 2.76. The van der Waals surface area contributed by atoms with Crippen LogP contribution in [0.25, 0.3) is 0 Å². The highest BCUT2D eigenvalue weighted by molar-refractivity contribution is 7.10. The molecule has 1 atom stereocenters. The maximum Gasteiger partial charge on any atom is 0.193 e. The molecule has 3 nitrogen and oxygen atoms in total. The molecule has 0 radical (unpaired) electrons. The summed E-state index contributed by atoms with van der Waals surface area (Å²) in [6.45, 7) is 0. The highest BCUT2D eigenvalue weighted by Gasteiger charge is 2.16. The molecule has 0 saturated carbocycles. The molecule has 0 spiro atoms. The molecule has 0 aromatic carbocycles. The third-order valence-corrected chi connectivity index (χ3v) is 3.01. The molecule has 0 aliphatic carbocycles. The first-order chi connectivity index (χ1) is 6.81. The number of hydrogen-bond donors (Lipinski definition) is 2. The molecule has 5 heteroatoms. The van der Waals surface area contributed by atoms with Gasteiger partial charge in [0.25, 0.3) is 0 Å². The lowest BCUT2D eigenvalue weighted by Gasteiger charge is -2.10. The van der Waals surface area contributed by atoms with Gasteiger partial charge in [-0.25, -0.2) is 5.43 Å². The zero-order valence-corrected chi connectivity index (χ0v) is 8.81. The quantitative estimate of drug-likeness (QED) is 0.627. The third kappa shape index (κ3) is 1.83. The van der Waals surface area contributed by atoms with E-state index < -0.39 is 0 Å². The van der Waals surface area contributed by atoms with Crippen LogP contribution in [0.2, 0.25) is 5.22 Å². The van der Waals surface area contributed by atoms with Crippen LogP contribution in [0.1, 0.15) is 16.7 Å². The summed E-state index contributed by atoms with van der Waals surface area (Å²) >= 11 is 7.31. The summed E-state index contributed by atoms with van der Waals surface area (Å²) in [7, 11) is 0. The Balaban J connectivity index is 2.31. The van der Waals surface area contributed by atoms with Gasteiger partial charge in [-0.2, -0.15) is 0 Å². The molecule has 3 N–H and O–H groups in total. The smallest absolute Gasteiger partial charge is 0.193 e. The van der Waals surface area contributed by atoms with Crippen LogP contribution in [0.15, 0.2) is 34.1 Å². The van der Waals surface area contributed by atoms with Gasteiger partial charge < -0.3 is 4.42 Å². The van der Waals surface area contributed by atoms with E-state index >= 15 is 0 Å². The lowest BCUT2D eigenvalue weighted by Crippen LogP contribution is -2.27. The normalized spacial score (nSPS) is 13.0. The minimum absolute atomic E-state index is 0.123. The average Bonchev–Trinajstić information content (AvgIpc) is 2.79. The van der Waals surface area contributed by atoms with Gasteiger partial charge in [0.05, 0.1) is 0 Å². The molecular weight excluding hydrogens is 220 g/mol. The third-order valence-electron chi connectivity index (χ3n) is 1.87. The van der Waals surface area contributed by atoms with Crippen LogP contribution in [0.5, 0.6) is 0 Å². The Kier molecular flexibility index (Phi) is 2.88. The van der Waals surface area contributed by atoms with E-state index in [9.17, 15) is 0 Å². The van der Waals surface area contributed by atoms with E-state index in [1.54, 1.807) is 17.4 Å². The van der Waals surface area contributed by atoms with Crippen molar-refractivity contribution in [2.24, 2.45) is 5.84 Å². The lowest BCUT2D eigenvalue weighted by atomic mass is 10.2. The highest BCUT2D eigenvalue weighted by atomic mass is 35.5. The molecule has 0 fully saturated rings. The summed E-state index contributed by atoms with van der Waals surface area (Å²) in [4.78, 5) is 1.10. The molecule has 2 aromatic rings. The summed E-state index contributed by atoms with van der Waals surface area (Å²) in [6.07, 6.45) is 0. The number of halogens is 1. The lowest BCUT2D eigenvalue weighted by molar-refractivity contribution is 0.456. The number of hydrazine groups is 1. The SMILES string of the molecule is NNC(c1ccc(Cl)o1)c1cccs1. The molecular formula is C9H9ClN2OS. The van der Waals surface area contributed by atoms with E-state index in [4.69, 9.17) is 21.9 Å². The van der Waals surface area contributed by atoms with Crippen molar-refractivity contribution in [2.45, 2.75) is 6.04 Å². The van der Waals surface area contributed by atoms with Gasteiger partial charge in [-0.1, -0.05) is 6.07 Å². The standard InChI is InChI=1S/C9H9ClN2OS/c10-8-4-3-6(13-8)9(12-11)7-2-1-5-14-7/h1-5,9,12H,11H2. The molecule has 0 aliphatic rings. The fraction of sp³-hybridized carbons (Fsp3) is 0.111. The minimum Gasteiger partial charge on any atom is -0.448 e. The number of thiophene rings is 1. The highest BCUT2D eigenvalue weighted by Crippen LogP contribution is 2.27. The summed E-state index contributed by atoms with van der Waals surface area (Å²) in [5.74, 6) is 6.18. The average molecular weight is 229 g/mol. The zero-order valence-electron chi connectivity index (χ0n) is 7.24. The predicted molar refractivity (Wildman–Crippen MR) is 57.2 cm³/mol. The minimum atomic E-state index is -0.123. The number of rotatable bonds is 3. The molecule has 0 amide bonds. The molecule has 2 aromatic heterocycles. The topological polar surface area (TPSA) is 51.2 Å². The van der Waals surface area contributed by atoms with Gasteiger partial charge in [-0.15, -0.1) is 11.3 Å². The molecule has 74 valence electrons. The Labute approximate surface area is 90.5 Å². The fourth-order valence-electron chi connectivity index (χ4n) is 1.24. The first-order valence-corrected chi connectivity index (χ1v) is 5.32. The predicted octanol–water partition coefficient (Wildman–Crippen LogP) is 2.55. The Morgan fingerprint density at radius 3 is 2.79 bits per heavy atom. The van der Waals surface area contributed by atoms with Crippen LogP contribution in [0.3, 0.4) is 0 Å². The Bertz CT molecular complexity index is 399. The van der Waals surface area contributed by atoms with Crippen molar-refractivity contribution in [3.05, 3.63) is 45.5 Å². The van der Waals surface area contributed by atoms with Gasteiger partial charge >= 0.3 is 0 Å². The molecule has 0 aliphatic heterocycles. The monoisotopic (exact) mass is 228 g/mol. The van der Waals surface area contributed by atoms with Crippen molar-refractivity contribution < 1.29 is 4.42 Å². The van der Waals surface area contributed by atoms with Gasteiger partial charge in [0.1, 0.15) is 11.8 Å². The molecule has 0 saturated heterocycles. The van der Waals surface area contributed by atoms with E-state index in [1.807, 2.05) is 23.6 Å². The molecule has 2 heterocycles. The number of furan rings is 1. The first-order valence-electron chi connectivity index (χ1n) is 4.06. The van der Waals surface area contributed by atoms with Crippen molar-refractivity contribution >= 4 is 22.9 Å². The van der Waals surface area contributed by atoms with Crippen LogP contribution < -0.4 is 11.3 Å². The summed E-state index contributed by atoms with van der Waals surface area (Å²) in [6, 6.07) is 7.35. The number of hydrogen-bond acceptors (Lipinski definition) is 4. The maximum atomic E-state index is 5.69. The Morgan fingerprint density at radius 1 is 1.43 bits per heavy atom.